The summed E-state index contributed by atoms with van der Waals surface area (Å²) in [6.45, 7) is 6.95. The number of nitrogens with zero attached hydrogens (tertiary/aromatic N) is 1. The first kappa shape index (κ1) is 13.6. The van der Waals surface area contributed by atoms with Crippen LogP contribution in [0.4, 0.5) is 0 Å². The maximum atomic E-state index is 4.70. The average molecular weight is 271 g/mol. The molecule has 1 heterocycles. The second-order valence-corrected chi connectivity index (χ2v) is 6.53. The number of aromatic nitrogens is 2. The van der Waals surface area contributed by atoms with Gasteiger partial charge in [-0.15, -0.1) is 0 Å². The molecule has 0 amide bonds. The van der Waals surface area contributed by atoms with E-state index < -0.39 is 0 Å². The topological polar surface area (TPSA) is 40.7 Å². The zero-order chi connectivity index (χ0) is 14.1. The van der Waals surface area contributed by atoms with Crippen molar-refractivity contribution in [2.24, 2.45) is 11.8 Å². The highest BCUT2D eigenvalue weighted by atomic mass is 15.0. The fourth-order valence-corrected chi connectivity index (χ4v) is 3.34. The van der Waals surface area contributed by atoms with Crippen molar-refractivity contribution in [1.82, 2.24) is 15.3 Å². The predicted octanol–water partition coefficient (Wildman–Crippen LogP) is 4.04. The Bertz CT molecular complexity index is 541. The molecule has 3 rings (SSSR count). The van der Waals surface area contributed by atoms with E-state index in [2.05, 4.69) is 43.2 Å². The molecule has 4 atom stereocenters. The van der Waals surface area contributed by atoms with E-state index in [0.29, 0.717) is 6.04 Å². The van der Waals surface area contributed by atoms with Crippen LogP contribution in [0.15, 0.2) is 24.3 Å². The predicted molar refractivity (Wildman–Crippen MR) is 83.6 cm³/mol. The van der Waals surface area contributed by atoms with Gasteiger partial charge in [0.2, 0.25) is 0 Å². The van der Waals surface area contributed by atoms with Gasteiger partial charge in [0.1, 0.15) is 5.82 Å². The van der Waals surface area contributed by atoms with Crippen molar-refractivity contribution < 1.29 is 0 Å². The normalized spacial score (nSPS) is 28.6. The van der Waals surface area contributed by atoms with E-state index in [9.17, 15) is 0 Å². The van der Waals surface area contributed by atoms with Gasteiger partial charge in [0.15, 0.2) is 0 Å². The molecule has 1 fully saturated rings. The number of hydrogen-bond donors (Lipinski definition) is 2. The molecule has 3 nitrogen and oxygen atoms in total. The summed E-state index contributed by atoms with van der Waals surface area (Å²) in [7, 11) is 0. The SMILES string of the molecule is CC1CCC(C)C(NC(C)c2nc3ccccc3[nH]2)C1. The van der Waals surface area contributed by atoms with Crippen molar-refractivity contribution in [3.05, 3.63) is 30.1 Å². The van der Waals surface area contributed by atoms with E-state index in [-0.39, 0.29) is 6.04 Å². The number of benzene rings is 1. The van der Waals surface area contributed by atoms with Gasteiger partial charge >= 0.3 is 0 Å². The van der Waals surface area contributed by atoms with Crippen molar-refractivity contribution in [3.63, 3.8) is 0 Å². The van der Waals surface area contributed by atoms with Gasteiger partial charge in [0.25, 0.3) is 0 Å². The third-order valence-electron chi connectivity index (χ3n) is 4.74. The number of imidazole rings is 1. The number of aromatic amines is 1. The quantitative estimate of drug-likeness (QED) is 0.884. The van der Waals surface area contributed by atoms with E-state index in [4.69, 9.17) is 4.98 Å². The Hall–Kier alpha value is -1.35. The highest BCUT2D eigenvalue weighted by molar-refractivity contribution is 5.74. The summed E-state index contributed by atoms with van der Waals surface area (Å²) in [4.78, 5) is 8.14. The fraction of sp³-hybridized carbons (Fsp3) is 0.588. The van der Waals surface area contributed by atoms with Crippen LogP contribution >= 0.6 is 0 Å². The molecule has 1 aliphatic carbocycles. The van der Waals surface area contributed by atoms with Crippen molar-refractivity contribution in [3.8, 4) is 0 Å². The molecule has 1 aromatic heterocycles. The first-order chi connectivity index (χ1) is 9.63. The fourth-order valence-electron chi connectivity index (χ4n) is 3.34. The Kier molecular flexibility index (Phi) is 3.79. The minimum Gasteiger partial charge on any atom is -0.341 e. The Balaban J connectivity index is 1.73. The van der Waals surface area contributed by atoms with Crippen LogP contribution in [0.3, 0.4) is 0 Å². The highest BCUT2D eigenvalue weighted by Crippen LogP contribution is 2.30. The van der Waals surface area contributed by atoms with Gasteiger partial charge < -0.3 is 10.3 Å². The van der Waals surface area contributed by atoms with E-state index >= 15 is 0 Å². The Morgan fingerprint density at radius 2 is 2.05 bits per heavy atom. The molecular weight excluding hydrogens is 246 g/mol. The molecule has 0 aliphatic heterocycles. The molecule has 3 heteroatoms. The second-order valence-electron chi connectivity index (χ2n) is 6.53. The van der Waals surface area contributed by atoms with Gasteiger partial charge in [-0.05, 0) is 43.7 Å². The summed E-state index contributed by atoms with van der Waals surface area (Å²) in [5.41, 5.74) is 2.18. The van der Waals surface area contributed by atoms with Gasteiger partial charge in [-0.1, -0.05) is 32.4 Å². The third kappa shape index (κ3) is 2.73. The average Bonchev–Trinajstić information content (AvgIpc) is 2.87. The maximum Gasteiger partial charge on any atom is 0.124 e. The molecule has 1 saturated carbocycles. The van der Waals surface area contributed by atoms with E-state index in [1.54, 1.807) is 0 Å². The lowest BCUT2D eigenvalue weighted by molar-refractivity contribution is 0.215. The van der Waals surface area contributed by atoms with Gasteiger partial charge in [-0.3, -0.25) is 0 Å². The molecule has 1 aromatic carbocycles. The first-order valence-corrected chi connectivity index (χ1v) is 7.84. The number of para-hydroxylation sites is 2. The minimum absolute atomic E-state index is 0.278. The smallest absolute Gasteiger partial charge is 0.124 e. The number of rotatable bonds is 3. The number of nitrogens with one attached hydrogen (secondary N) is 2. The molecule has 108 valence electrons. The van der Waals surface area contributed by atoms with Crippen molar-refractivity contribution in [2.75, 3.05) is 0 Å². The van der Waals surface area contributed by atoms with Crippen LogP contribution in [-0.2, 0) is 0 Å². The number of fused-ring (bicyclic) bond motifs is 1. The standard InChI is InChI=1S/C17H25N3/c1-11-8-9-12(2)16(10-11)18-13(3)17-19-14-6-4-5-7-15(14)20-17/h4-7,11-13,16,18H,8-10H2,1-3H3,(H,19,20). The van der Waals surface area contributed by atoms with Crippen molar-refractivity contribution in [1.29, 1.82) is 0 Å². The van der Waals surface area contributed by atoms with E-state index in [1.165, 1.54) is 19.3 Å². The monoisotopic (exact) mass is 271 g/mol. The summed E-state index contributed by atoms with van der Waals surface area (Å²) in [5, 5.41) is 3.78. The van der Waals surface area contributed by atoms with E-state index in [1.807, 2.05) is 12.1 Å². The van der Waals surface area contributed by atoms with Crippen LogP contribution in [0.1, 0.15) is 51.9 Å². The van der Waals surface area contributed by atoms with Gasteiger partial charge in [0.05, 0.1) is 17.1 Å². The van der Waals surface area contributed by atoms with Gasteiger partial charge in [0, 0.05) is 6.04 Å². The van der Waals surface area contributed by atoms with Crippen LogP contribution in [0.2, 0.25) is 0 Å². The lowest BCUT2D eigenvalue weighted by atomic mass is 9.80. The Morgan fingerprint density at radius 1 is 1.25 bits per heavy atom. The molecule has 2 N–H and O–H groups in total. The lowest BCUT2D eigenvalue weighted by Gasteiger charge is -2.35. The van der Waals surface area contributed by atoms with Gasteiger partial charge in [-0.25, -0.2) is 4.98 Å². The molecular formula is C17H25N3. The highest BCUT2D eigenvalue weighted by Gasteiger charge is 2.27. The summed E-state index contributed by atoms with van der Waals surface area (Å²) < 4.78 is 0. The molecule has 0 spiro atoms. The van der Waals surface area contributed by atoms with Crippen LogP contribution in [0.25, 0.3) is 11.0 Å². The minimum atomic E-state index is 0.278. The van der Waals surface area contributed by atoms with Crippen LogP contribution in [0, 0.1) is 11.8 Å². The molecule has 20 heavy (non-hydrogen) atoms. The number of H-pyrrole nitrogens is 1. The largest absolute Gasteiger partial charge is 0.341 e. The lowest BCUT2D eigenvalue weighted by Crippen LogP contribution is -2.41. The second kappa shape index (κ2) is 5.57. The summed E-state index contributed by atoms with van der Waals surface area (Å²) in [6, 6.07) is 9.13. The van der Waals surface area contributed by atoms with Crippen molar-refractivity contribution in [2.45, 2.75) is 52.1 Å². The zero-order valence-corrected chi connectivity index (χ0v) is 12.7. The molecule has 0 saturated heterocycles. The molecule has 1 aliphatic rings. The van der Waals surface area contributed by atoms with Crippen LogP contribution in [-0.4, -0.2) is 16.0 Å². The zero-order valence-electron chi connectivity index (χ0n) is 12.7. The molecule has 0 bridgehead atoms. The van der Waals surface area contributed by atoms with Crippen molar-refractivity contribution >= 4 is 11.0 Å². The Labute approximate surface area is 121 Å². The molecule has 4 unspecified atom stereocenters. The van der Waals surface area contributed by atoms with Gasteiger partial charge in [-0.2, -0.15) is 0 Å². The third-order valence-corrected chi connectivity index (χ3v) is 4.74. The summed E-state index contributed by atoms with van der Waals surface area (Å²) >= 11 is 0. The first-order valence-electron chi connectivity index (χ1n) is 7.84. The molecule has 2 aromatic rings. The maximum absolute atomic E-state index is 4.70. The summed E-state index contributed by atoms with van der Waals surface area (Å²) in [5.74, 6) is 2.65. The van der Waals surface area contributed by atoms with Crippen LogP contribution < -0.4 is 5.32 Å². The van der Waals surface area contributed by atoms with Crippen LogP contribution in [0.5, 0.6) is 0 Å². The Morgan fingerprint density at radius 3 is 2.85 bits per heavy atom. The summed E-state index contributed by atoms with van der Waals surface area (Å²) in [6.07, 6.45) is 4.00. The van der Waals surface area contributed by atoms with E-state index in [0.717, 1.165) is 28.7 Å². The molecule has 0 radical (unpaired) electrons. The number of hydrogen-bond acceptors (Lipinski definition) is 2.